The maximum Gasteiger partial charge on any atom is 0.197 e. The van der Waals surface area contributed by atoms with E-state index >= 15 is 0 Å². The van der Waals surface area contributed by atoms with Crippen LogP contribution in [0.4, 0.5) is 5.69 Å². The molecule has 0 radical (unpaired) electrons. The second-order valence-electron chi connectivity index (χ2n) is 4.70. The quantitative estimate of drug-likeness (QED) is 0.790. The van der Waals surface area contributed by atoms with Crippen LogP contribution in [0.2, 0.25) is 0 Å². The van der Waals surface area contributed by atoms with Gasteiger partial charge in [0, 0.05) is 31.4 Å². The van der Waals surface area contributed by atoms with Crippen molar-refractivity contribution in [3.05, 3.63) is 41.5 Å². The maximum absolute atomic E-state index is 12.1. The molecule has 5 heteroatoms. The van der Waals surface area contributed by atoms with E-state index in [1.54, 1.807) is 18.2 Å². The first-order valence-electron chi connectivity index (χ1n) is 6.26. The maximum atomic E-state index is 12.1. The number of allylic oxidation sites excluding steroid dienone is 4. The number of hydrogen-bond acceptors (Lipinski definition) is 5. The Morgan fingerprint density at radius 3 is 2.38 bits per heavy atom. The zero-order valence-corrected chi connectivity index (χ0v) is 12.0. The summed E-state index contributed by atoms with van der Waals surface area (Å²) in [5, 5.41) is 9.15. The first-order valence-corrected chi connectivity index (χ1v) is 6.26. The van der Waals surface area contributed by atoms with Gasteiger partial charge in [-0.2, -0.15) is 5.26 Å². The smallest absolute Gasteiger partial charge is 0.197 e. The fourth-order valence-electron chi connectivity index (χ4n) is 2.11. The summed E-state index contributed by atoms with van der Waals surface area (Å²) < 4.78 is 5.31. The van der Waals surface area contributed by atoms with Gasteiger partial charge in [0.2, 0.25) is 0 Å². The molecule has 0 spiro atoms. The van der Waals surface area contributed by atoms with Crippen LogP contribution in [-0.4, -0.2) is 32.8 Å². The molecule has 0 saturated heterocycles. The molecule has 0 fully saturated rings. The Balaban J connectivity index is 2.68. The third-order valence-corrected chi connectivity index (χ3v) is 3.21. The summed E-state index contributed by atoms with van der Waals surface area (Å²) in [7, 11) is 5.24. The Hall–Kier alpha value is -2.87. The molecule has 0 amide bonds. The summed E-state index contributed by atoms with van der Waals surface area (Å²) in [5.41, 5.74) is 1.27. The number of rotatable bonds is 3. The molecule has 2 rings (SSSR count). The Morgan fingerprint density at radius 1 is 1.14 bits per heavy atom. The third kappa shape index (κ3) is 2.56. The van der Waals surface area contributed by atoms with E-state index in [1.807, 2.05) is 25.1 Å². The minimum Gasteiger partial charge on any atom is -0.496 e. The van der Waals surface area contributed by atoms with Gasteiger partial charge in [0.05, 0.1) is 12.7 Å². The number of anilines is 1. The van der Waals surface area contributed by atoms with E-state index in [1.165, 1.54) is 13.2 Å². The van der Waals surface area contributed by atoms with Gasteiger partial charge in [0.15, 0.2) is 11.6 Å². The molecule has 0 aliphatic heterocycles. The van der Waals surface area contributed by atoms with E-state index in [-0.39, 0.29) is 16.9 Å². The van der Waals surface area contributed by atoms with E-state index in [9.17, 15) is 9.59 Å². The van der Waals surface area contributed by atoms with Crippen molar-refractivity contribution in [3.63, 3.8) is 0 Å². The zero-order chi connectivity index (χ0) is 15.6. The highest BCUT2D eigenvalue weighted by Gasteiger charge is 2.26. The minimum absolute atomic E-state index is 0.0900. The molecule has 1 aromatic carbocycles. The van der Waals surface area contributed by atoms with Gasteiger partial charge >= 0.3 is 0 Å². The van der Waals surface area contributed by atoms with Crippen molar-refractivity contribution < 1.29 is 14.3 Å². The average Bonchev–Trinajstić information content (AvgIpc) is 2.48. The van der Waals surface area contributed by atoms with Crippen molar-refractivity contribution in [3.8, 4) is 11.8 Å². The monoisotopic (exact) mass is 282 g/mol. The second-order valence-corrected chi connectivity index (χ2v) is 4.70. The largest absolute Gasteiger partial charge is 0.496 e. The van der Waals surface area contributed by atoms with Crippen molar-refractivity contribution in [2.24, 2.45) is 0 Å². The van der Waals surface area contributed by atoms with Crippen molar-refractivity contribution in [2.45, 2.75) is 0 Å². The van der Waals surface area contributed by atoms with E-state index in [2.05, 4.69) is 0 Å². The van der Waals surface area contributed by atoms with Gasteiger partial charge in [-0.1, -0.05) is 0 Å². The lowest BCUT2D eigenvalue weighted by atomic mass is 9.89. The van der Waals surface area contributed by atoms with Crippen molar-refractivity contribution >= 4 is 22.8 Å². The third-order valence-electron chi connectivity index (χ3n) is 3.21. The second kappa shape index (κ2) is 5.63. The van der Waals surface area contributed by atoms with Crippen LogP contribution in [0.3, 0.4) is 0 Å². The molecule has 0 unspecified atom stereocenters. The molecular weight excluding hydrogens is 268 g/mol. The van der Waals surface area contributed by atoms with Gasteiger partial charge in [-0.05, 0) is 24.3 Å². The number of nitriles is 1. The first-order chi connectivity index (χ1) is 9.99. The fraction of sp³-hybridized carbons (Fsp3) is 0.188. The number of methoxy groups -OCH3 is 1. The van der Waals surface area contributed by atoms with Crippen molar-refractivity contribution in [1.29, 1.82) is 5.26 Å². The normalized spacial score (nSPS) is 14.2. The molecule has 0 saturated carbocycles. The molecule has 0 heterocycles. The number of carbonyl (C=O) groups excluding carboxylic acids is 2. The predicted octanol–water partition coefficient (Wildman–Crippen LogP) is 1.75. The molecule has 0 bridgehead atoms. The Bertz CT molecular complexity index is 722. The van der Waals surface area contributed by atoms with Gasteiger partial charge in [-0.15, -0.1) is 0 Å². The van der Waals surface area contributed by atoms with Gasteiger partial charge in [-0.3, -0.25) is 9.59 Å². The van der Waals surface area contributed by atoms with Gasteiger partial charge in [0.1, 0.15) is 17.4 Å². The SMILES string of the molecule is COc1cc(N(C)C)ccc1C1=C(C#N)C(=O)C=CC1=O. The van der Waals surface area contributed by atoms with Crippen LogP contribution in [-0.2, 0) is 9.59 Å². The summed E-state index contributed by atoms with van der Waals surface area (Å²) in [6.45, 7) is 0. The van der Waals surface area contributed by atoms with Crippen LogP contribution in [0.15, 0.2) is 35.9 Å². The summed E-state index contributed by atoms with van der Waals surface area (Å²) in [6, 6.07) is 7.06. The van der Waals surface area contributed by atoms with Crippen molar-refractivity contribution in [1.82, 2.24) is 0 Å². The number of ether oxygens (including phenoxy) is 1. The van der Waals surface area contributed by atoms with Crippen LogP contribution in [0, 0.1) is 11.3 Å². The predicted molar refractivity (Wildman–Crippen MR) is 79.0 cm³/mol. The lowest BCUT2D eigenvalue weighted by Crippen LogP contribution is -2.14. The summed E-state index contributed by atoms with van der Waals surface area (Å²) >= 11 is 0. The van der Waals surface area contributed by atoms with E-state index in [0.29, 0.717) is 11.3 Å². The fourth-order valence-corrected chi connectivity index (χ4v) is 2.11. The van der Waals surface area contributed by atoms with Crippen LogP contribution >= 0.6 is 0 Å². The molecule has 0 N–H and O–H groups in total. The molecular formula is C16H14N2O3. The molecule has 0 atom stereocenters. The number of ketones is 2. The number of nitrogens with zero attached hydrogens (tertiary/aromatic N) is 2. The lowest BCUT2D eigenvalue weighted by Gasteiger charge is -2.18. The molecule has 1 aliphatic rings. The standard InChI is InChI=1S/C16H14N2O3/c1-18(2)10-4-5-11(15(8-10)21-3)16-12(9-17)13(19)6-7-14(16)20/h4-8H,1-3H3. The molecule has 1 aliphatic carbocycles. The van der Waals surface area contributed by atoms with Crippen LogP contribution < -0.4 is 9.64 Å². The topological polar surface area (TPSA) is 70.4 Å². The minimum atomic E-state index is -0.467. The highest BCUT2D eigenvalue weighted by molar-refractivity contribution is 6.37. The number of carbonyl (C=O) groups is 2. The van der Waals surface area contributed by atoms with Gasteiger partial charge in [0.25, 0.3) is 0 Å². The zero-order valence-electron chi connectivity index (χ0n) is 12.0. The van der Waals surface area contributed by atoms with Crippen LogP contribution in [0.25, 0.3) is 5.57 Å². The molecule has 1 aromatic rings. The van der Waals surface area contributed by atoms with Crippen LogP contribution in [0.1, 0.15) is 5.56 Å². The van der Waals surface area contributed by atoms with Gasteiger partial charge < -0.3 is 9.64 Å². The summed E-state index contributed by atoms with van der Waals surface area (Å²) in [4.78, 5) is 25.7. The summed E-state index contributed by atoms with van der Waals surface area (Å²) in [6.07, 6.45) is 2.29. The molecule has 5 nitrogen and oxygen atoms in total. The van der Waals surface area contributed by atoms with E-state index < -0.39 is 5.78 Å². The summed E-state index contributed by atoms with van der Waals surface area (Å²) in [5.74, 6) is -0.395. The molecule has 0 aromatic heterocycles. The van der Waals surface area contributed by atoms with Gasteiger partial charge in [-0.25, -0.2) is 0 Å². The first kappa shape index (κ1) is 14.5. The number of hydrogen-bond donors (Lipinski definition) is 0. The molecule has 21 heavy (non-hydrogen) atoms. The van der Waals surface area contributed by atoms with Crippen molar-refractivity contribution in [2.75, 3.05) is 26.1 Å². The Morgan fingerprint density at radius 2 is 1.81 bits per heavy atom. The number of benzene rings is 1. The Labute approximate surface area is 122 Å². The highest BCUT2D eigenvalue weighted by Crippen LogP contribution is 2.34. The lowest BCUT2D eigenvalue weighted by molar-refractivity contribution is -0.113. The van der Waals surface area contributed by atoms with E-state index in [4.69, 9.17) is 10.00 Å². The van der Waals surface area contributed by atoms with Crippen LogP contribution in [0.5, 0.6) is 5.75 Å². The molecule has 106 valence electrons. The highest BCUT2D eigenvalue weighted by atomic mass is 16.5. The Kier molecular flexibility index (Phi) is 3.90. The van der Waals surface area contributed by atoms with E-state index in [0.717, 1.165) is 11.8 Å². The average molecular weight is 282 g/mol.